The molecule has 5 nitrogen and oxygen atoms in total. The number of methoxy groups -OCH3 is 1. The molecule has 0 atom stereocenters. The molecule has 0 radical (unpaired) electrons. The molecule has 1 aromatic rings. The topological polar surface area (TPSA) is 71.3 Å². The average Bonchev–Trinajstić information content (AvgIpc) is 2.39. The molecular weight excluding hydrogens is 244 g/mol. The van der Waals surface area contributed by atoms with Crippen LogP contribution in [0.1, 0.15) is 13.8 Å². The van der Waals surface area contributed by atoms with Crippen molar-refractivity contribution in [2.45, 2.75) is 20.0 Å². The van der Waals surface area contributed by atoms with Crippen LogP contribution in [0.3, 0.4) is 0 Å². The summed E-state index contributed by atoms with van der Waals surface area (Å²) in [7, 11) is 1.58. The third kappa shape index (κ3) is 4.72. The molecule has 0 aliphatic carbocycles. The normalized spacial score (nSPS) is 10.8. The maximum Gasteiger partial charge on any atom is 0.350 e. The quantitative estimate of drug-likeness (QED) is 0.500. The maximum atomic E-state index is 11.5. The lowest BCUT2D eigenvalue weighted by Gasteiger charge is -2.07. The number of nitriles is 1. The second kappa shape index (κ2) is 7.07. The molecular formula is C14H16N2O3. The molecule has 100 valence electrons. The van der Waals surface area contributed by atoms with Gasteiger partial charge in [-0.15, -0.1) is 0 Å². The first-order chi connectivity index (χ1) is 9.06. The molecule has 0 aromatic heterocycles. The Morgan fingerprint density at radius 3 is 2.47 bits per heavy atom. The maximum absolute atomic E-state index is 11.5. The Morgan fingerprint density at radius 2 is 2.00 bits per heavy atom. The number of nitrogens with one attached hydrogen (secondary N) is 1. The van der Waals surface area contributed by atoms with Crippen LogP contribution in [-0.2, 0) is 9.53 Å². The first kappa shape index (κ1) is 14.6. The summed E-state index contributed by atoms with van der Waals surface area (Å²) in [4.78, 5) is 11.5. The molecule has 1 N–H and O–H groups in total. The fourth-order valence-electron chi connectivity index (χ4n) is 1.26. The molecule has 1 rings (SSSR count). The number of hydrogen-bond donors (Lipinski definition) is 1. The molecule has 0 bridgehead atoms. The van der Waals surface area contributed by atoms with Crippen molar-refractivity contribution in [3.8, 4) is 11.8 Å². The van der Waals surface area contributed by atoms with Gasteiger partial charge in [-0.3, -0.25) is 0 Å². The van der Waals surface area contributed by atoms with Crippen molar-refractivity contribution < 1.29 is 14.3 Å². The van der Waals surface area contributed by atoms with Crippen LogP contribution in [0.2, 0.25) is 0 Å². The van der Waals surface area contributed by atoms with Crippen LogP contribution < -0.4 is 10.1 Å². The van der Waals surface area contributed by atoms with E-state index >= 15 is 0 Å². The van der Waals surface area contributed by atoms with E-state index in [0.717, 1.165) is 11.4 Å². The highest BCUT2D eigenvalue weighted by Gasteiger charge is 2.11. The monoisotopic (exact) mass is 260 g/mol. The minimum Gasteiger partial charge on any atom is -0.497 e. The van der Waals surface area contributed by atoms with Crippen LogP contribution in [0.15, 0.2) is 36.0 Å². The van der Waals surface area contributed by atoms with Crippen molar-refractivity contribution in [1.29, 1.82) is 5.26 Å². The fraction of sp³-hybridized carbons (Fsp3) is 0.286. The second-order valence-corrected chi connectivity index (χ2v) is 4.00. The molecule has 0 fully saturated rings. The number of rotatable bonds is 5. The van der Waals surface area contributed by atoms with Gasteiger partial charge in [0.2, 0.25) is 0 Å². The Kier molecular flexibility index (Phi) is 5.42. The molecule has 0 unspecified atom stereocenters. The average molecular weight is 260 g/mol. The Morgan fingerprint density at radius 1 is 1.37 bits per heavy atom. The van der Waals surface area contributed by atoms with Crippen molar-refractivity contribution in [3.63, 3.8) is 0 Å². The number of esters is 1. The van der Waals surface area contributed by atoms with Crippen LogP contribution in [0.4, 0.5) is 5.69 Å². The zero-order valence-corrected chi connectivity index (χ0v) is 11.1. The summed E-state index contributed by atoms with van der Waals surface area (Å²) in [5, 5.41) is 11.8. The molecule has 1 aromatic carbocycles. The van der Waals surface area contributed by atoms with Crippen LogP contribution in [0, 0.1) is 11.3 Å². The molecule has 0 spiro atoms. The van der Waals surface area contributed by atoms with E-state index < -0.39 is 5.97 Å². The third-order valence-electron chi connectivity index (χ3n) is 2.16. The second-order valence-electron chi connectivity index (χ2n) is 4.00. The number of anilines is 1. The van der Waals surface area contributed by atoms with E-state index in [9.17, 15) is 4.79 Å². The summed E-state index contributed by atoms with van der Waals surface area (Å²) >= 11 is 0. The summed E-state index contributed by atoms with van der Waals surface area (Å²) < 4.78 is 9.97. The summed E-state index contributed by atoms with van der Waals surface area (Å²) in [6, 6.07) is 8.90. The summed E-state index contributed by atoms with van der Waals surface area (Å²) in [6.45, 7) is 3.45. The summed E-state index contributed by atoms with van der Waals surface area (Å²) in [5.41, 5.74) is 0.662. The smallest absolute Gasteiger partial charge is 0.350 e. The van der Waals surface area contributed by atoms with Gasteiger partial charge < -0.3 is 14.8 Å². The molecule has 0 saturated carbocycles. The highest BCUT2D eigenvalue weighted by Crippen LogP contribution is 2.15. The van der Waals surface area contributed by atoms with Gasteiger partial charge in [0.1, 0.15) is 11.8 Å². The Hall–Kier alpha value is -2.48. The van der Waals surface area contributed by atoms with Crippen molar-refractivity contribution in [2.75, 3.05) is 12.4 Å². The van der Waals surface area contributed by atoms with Crippen LogP contribution >= 0.6 is 0 Å². The lowest BCUT2D eigenvalue weighted by Crippen LogP contribution is -2.13. The van der Waals surface area contributed by atoms with E-state index in [1.54, 1.807) is 51.3 Å². The largest absolute Gasteiger partial charge is 0.497 e. The SMILES string of the molecule is COc1ccc(NC=C(C#N)C(=O)OC(C)C)cc1. The van der Waals surface area contributed by atoms with Crippen LogP contribution in [-0.4, -0.2) is 19.2 Å². The fourth-order valence-corrected chi connectivity index (χ4v) is 1.26. The molecule has 5 heteroatoms. The number of benzene rings is 1. The van der Waals surface area contributed by atoms with Crippen molar-refractivity contribution in [3.05, 3.63) is 36.0 Å². The Bertz CT molecular complexity index is 498. The van der Waals surface area contributed by atoms with Gasteiger partial charge in [-0.05, 0) is 38.1 Å². The molecule has 0 saturated heterocycles. The van der Waals surface area contributed by atoms with Crippen molar-refractivity contribution in [1.82, 2.24) is 0 Å². The van der Waals surface area contributed by atoms with Crippen LogP contribution in [0.25, 0.3) is 0 Å². The zero-order chi connectivity index (χ0) is 14.3. The van der Waals surface area contributed by atoms with Crippen LogP contribution in [0.5, 0.6) is 5.75 Å². The number of nitrogens with zero attached hydrogens (tertiary/aromatic N) is 1. The predicted molar refractivity (Wildman–Crippen MR) is 71.5 cm³/mol. The minimum absolute atomic E-state index is 0.0791. The van der Waals surface area contributed by atoms with E-state index in [2.05, 4.69) is 5.32 Å². The number of carbonyl (C=O) groups excluding carboxylic acids is 1. The Balaban J connectivity index is 2.71. The van der Waals surface area contributed by atoms with Gasteiger partial charge in [-0.1, -0.05) is 0 Å². The number of hydrogen-bond acceptors (Lipinski definition) is 5. The van der Waals surface area contributed by atoms with E-state index in [0.29, 0.717) is 0 Å². The first-order valence-electron chi connectivity index (χ1n) is 5.78. The van der Waals surface area contributed by atoms with Gasteiger partial charge in [0, 0.05) is 11.9 Å². The van der Waals surface area contributed by atoms with Gasteiger partial charge in [-0.2, -0.15) is 5.26 Å². The first-order valence-corrected chi connectivity index (χ1v) is 5.78. The molecule has 0 heterocycles. The lowest BCUT2D eigenvalue weighted by molar-refractivity contribution is -0.142. The van der Waals surface area contributed by atoms with Crippen molar-refractivity contribution >= 4 is 11.7 Å². The van der Waals surface area contributed by atoms with Gasteiger partial charge in [0.25, 0.3) is 0 Å². The molecule has 0 aliphatic heterocycles. The van der Waals surface area contributed by atoms with E-state index in [4.69, 9.17) is 14.7 Å². The highest BCUT2D eigenvalue weighted by atomic mass is 16.5. The molecule has 19 heavy (non-hydrogen) atoms. The Labute approximate surface area is 112 Å². The standard InChI is InChI=1S/C14H16N2O3/c1-10(2)19-14(17)11(8-15)9-16-12-4-6-13(18-3)7-5-12/h4-7,9-10,16H,1-3H3. The molecule has 0 amide bonds. The van der Waals surface area contributed by atoms with E-state index in [-0.39, 0.29) is 11.7 Å². The van der Waals surface area contributed by atoms with Gasteiger partial charge >= 0.3 is 5.97 Å². The van der Waals surface area contributed by atoms with Gasteiger partial charge in [0.15, 0.2) is 5.57 Å². The van der Waals surface area contributed by atoms with E-state index in [1.165, 1.54) is 6.20 Å². The summed E-state index contributed by atoms with van der Waals surface area (Å²) in [6.07, 6.45) is 1.07. The lowest BCUT2D eigenvalue weighted by atomic mass is 10.3. The summed E-state index contributed by atoms with van der Waals surface area (Å²) in [5.74, 6) is 0.0905. The predicted octanol–water partition coefficient (Wildman–Crippen LogP) is 2.47. The van der Waals surface area contributed by atoms with Crippen molar-refractivity contribution in [2.24, 2.45) is 0 Å². The van der Waals surface area contributed by atoms with Gasteiger partial charge in [0.05, 0.1) is 13.2 Å². The van der Waals surface area contributed by atoms with Gasteiger partial charge in [-0.25, -0.2) is 4.79 Å². The number of carbonyl (C=O) groups is 1. The third-order valence-corrected chi connectivity index (χ3v) is 2.16. The van der Waals surface area contributed by atoms with E-state index in [1.807, 2.05) is 0 Å². The number of ether oxygens (including phenoxy) is 2. The zero-order valence-electron chi connectivity index (χ0n) is 11.1. The highest BCUT2D eigenvalue weighted by molar-refractivity contribution is 5.93. The molecule has 0 aliphatic rings. The minimum atomic E-state index is -0.640.